The van der Waals surface area contributed by atoms with E-state index in [1.807, 2.05) is 6.92 Å². The number of aryl methyl sites for hydroxylation is 1. The highest BCUT2D eigenvalue weighted by Gasteiger charge is 2.28. The zero-order chi connectivity index (χ0) is 15.5. The number of rotatable bonds is 5. The summed E-state index contributed by atoms with van der Waals surface area (Å²) in [6.07, 6.45) is 0.380. The molecule has 0 aliphatic heterocycles. The van der Waals surface area contributed by atoms with Gasteiger partial charge < -0.3 is 5.32 Å². The molecule has 2 aromatic rings. The maximum Gasteiger partial charge on any atom is 0.208 e. The van der Waals surface area contributed by atoms with Crippen molar-refractivity contribution in [2.45, 2.75) is 17.2 Å². The molecule has 21 heavy (non-hydrogen) atoms. The average Bonchev–Trinajstić information content (AvgIpc) is 2.46. The van der Waals surface area contributed by atoms with Gasteiger partial charge in [-0.3, -0.25) is 4.79 Å². The second-order valence-electron chi connectivity index (χ2n) is 4.57. The molecule has 1 amide bonds. The van der Waals surface area contributed by atoms with Gasteiger partial charge in [0.1, 0.15) is 0 Å². The lowest BCUT2D eigenvalue weighted by Gasteiger charge is -2.17. The number of nitrogens with one attached hydrogen (secondary N) is 1. The molecular weight excluding hydrogens is 310 g/mol. The summed E-state index contributed by atoms with van der Waals surface area (Å²) in [5.74, 6) is 0. The Bertz CT molecular complexity index is 725. The predicted molar refractivity (Wildman–Crippen MR) is 81.8 cm³/mol. The third-order valence-corrected chi connectivity index (χ3v) is 5.26. The normalized spacial score (nSPS) is 12.7. The van der Waals surface area contributed by atoms with Gasteiger partial charge in [0.25, 0.3) is 0 Å². The van der Waals surface area contributed by atoms with Gasteiger partial charge in [-0.1, -0.05) is 41.4 Å². The van der Waals surface area contributed by atoms with Crippen LogP contribution in [0.4, 0.5) is 0 Å². The van der Waals surface area contributed by atoms with E-state index in [-0.39, 0.29) is 4.90 Å². The Labute approximate surface area is 128 Å². The van der Waals surface area contributed by atoms with Crippen LogP contribution in [0.1, 0.15) is 16.5 Å². The van der Waals surface area contributed by atoms with Gasteiger partial charge in [-0.15, -0.1) is 0 Å². The molecule has 2 rings (SSSR count). The van der Waals surface area contributed by atoms with Crippen molar-refractivity contribution >= 4 is 27.8 Å². The van der Waals surface area contributed by atoms with E-state index in [9.17, 15) is 13.2 Å². The second kappa shape index (κ2) is 6.28. The lowest BCUT2D eigenvalue weighted by molar-refractivity contribution is -0.109. The van der Waals surface area contributed by atoms with Crippen LogP contribution >= 0.6 is 11.6 Å². The van der Waals surface area contributed by atoms with Crippen LogP contribution in [0.15, 0.2) is 53.4 Å². The van der Waals surface area contributed by atoms with E-state index < -0.39 is 15.2 Å². The SMILES string of the molecule is Cc1ccc(S(=O)(=O)C(NC=O)c2ccc(Cl)cc2)cc1. The molecular formula is C15H14ClNO3S. The highest BCUT2D eigenvalue weighted by Crippen LogP contribution is 2.27. The summed E-state index contributed by atoms with van der Waals surface area (Å²) in [4.78, 5) is 10.9. The van der Waals surface area contributed by atoms with E-state index >= 15 is 0 Å². The third kappa shape index (κ3) is 3.43. The number of amides is 1. The Hall–Kier alpha value is -1.85. The van der Waals surface area contributed by atoms with Crippen molar-refractivity contribution in [3.05, 3.63) is 64.7 Å². The monoisotopic (exact) mass is 323 g/mol. The van der Waals surface area contributed by atoms with E-state index in [2.05, 4.69) is 5.32 Å². The Kier molecular flexibility index (Phi) is 4.65. The summed E-state index contributed by atoms with van der Waals surface area (Å²) in [5.41, 5.74) is 1.41. The highest BCUT2D eigenvalue weighted by molar-refractivity contribution is 7.91. The molecule has 0 aliphatic rings. The fraction of sp³-hybridized carbons (Fsp3) is 0.133. The van der Waals surface area contributed by atoms with Crippen molar-refractivity contribution in [3.63, 3.8) is 0 Å². The zero-order valence-electron chi connectivity index (χ0n) is 11.3. The number of halogens is 1. The van der Waals surface area contributed by atoms with Gasteiger partial charge in [0.2, 0.25) is 16.2 Å². The standard InChI is InChI=1S/C15H14ClNO3S/c1-11-2-8-14(9-3-11)21(19,20)15(17-10-18)12-4-6-13(16)7-5-12/h2-10,15H,1H3,(H,17,18). The van der Waals surface area contributed by atoms with Crippen LogP contribution in [0.25, 0.3) is 0 Å². The lowest BCUT2D eigenvalue weighted by atomic mass is 10.2. The zero-order valence-corrected chi connectivity index (χ0v) is 12.9. The number of hydrogen-bond donors (Lipinski definition) is 1. The van der Waals surface area contributed by atoms with Crippen molar-refractivity contribution in [1.82, 2.24) is 5.32 Å². The van der Waals surface area contributed by atoms with Gasteiger partial charge in [0.15, 0.2) is 5.37 Å². The Morgan fingerprint density at radius 1 is 1.05 bits per heavy atom. The number of hydrogen-bond acceptors (Lipinski definition) is 3. The van der Waals surface area contributed by atoms with Crippen LogP contribution in [0, 0.1) is 6.92 Å². The summed E-state index contributed by atoms with van der Waals surface area (Å²) in [6.45, 7) is 1.87. The summed E-state index contributed by atoms with van der Waals surface area (Å²) in [7, 11) is -3.73. The number of carbonyl (C=O) groups excluding carboxylic acids is 1. The molecule has 1 atom stereocenters. The number of carbonyl (C=O) groups is 1. The topological polar surface area (TPSA) is 63.2 Å². The van der Waals surface area contributed by atoms with E-state index in [4.69, 9.17) is 11.6 Å². The first-order valence-corrected chi connectivity index (χ1v) is 8.13. The van der Waals surface area contributed by atoms with Gasteiger partial charge >= 0.3 is 0 Å². The van der Waals surface area contributed by atoms with Crippen molar-refractivity contribution in [3.8, 4) is 0 Å². The van der Waals surface area contributed by atoms with Crippen molar-refractivity contribution < 1.29 is 13.2 Å². The molecule has 0 radical (unpaired) electrons. The minimum absolute atomic E-state index is 0.155. The van der Waals surface area contributed by atoms with Crippen molar-refractivity contribution in [2.75, 3.05) is 0 Å². The van der Waals surface area contributed by atoms with E-state index in [0.29, 0.717) is 17.0 Å². The Morgan fingerprint density at radius 3 is 2.14 bits per heavy atom. The van der Waals surface area contributed by atoms with Crippen LogP contribution in [0.5, 0.6) is 0 Å². The minimum Gasteiger partial charge on any atom is -0.338 e. The molecule has 0 spiro atoms. The first kappa shape index (κ1) is 15.5. The Balaban J connectivity index is 2.47. The van der Waals surface area contributed by atoms with E-state index in [1.54, 1.807) is 36.4 Å². The van der Waals surface area contributed by atoms with Gasteiger partial charge in [-0.05, 0) is 36.8 Å². The molecule has 0 aliphatic carbocycles. The maximum absolute atomic E-state index is 12.7. The number of sulfone groups is 1. The molecule has 0 fully saturated rings. The quantitative estimate of drug-likeness (QED) is 0.861. The van der Waals surface area contributed by atoms with Crippen LogP contribution in [0.3, 0.4) is 0 Å². The van der Waals surface area contributed by atoms with Crippen molar-refractivity contribution in [1.29, 1.82) is 0 Å². The summed E-state index contributed by atoms with van der Waals surface area (Å²) in [6, 6.07) is 12.8. The molecule has 0 saturated carbocycles. The van der Waals surface area contributed by atoms with Crippen LogP contribution < -0.4 is 5.32 Å². The van der Waals surface area contributed by atoms with Gasteiger partial charge in [0, 0.05) is 5.02 Å². The third-order valence-electron chi connectivity index (χ3n) is 3.05. The lowest BCUT2D eigenvalue weighted by Crippen LogP contribution is -2.27. The Morgan fingerprint density at radius 2 is 1.62 bits per heavy atom. The van der Waals surface area contributed by atoms with Crippen LogP contribution in [-0.4, -0.2) is 14.8 Å². The van der Waals surface area contributed by atoms with Gasteiger partial charge in [-0.25, -0.2) is 8.42 Å². The molecule has 4 nitrogen and oxygen atoms in total. The number of benzene rings is 2. The largest absolute Gasteiger partial charge is 0.338 e. The molecule has 0 heterocycles. The first-order chi connectivity index (χ1) is 9.95. The van der Waals surface area contributed by atoms with Gasteiger partial charge in [-0.2, -0.15) is 0 Å². The second-order valence-corrected chi connectivity index (χ2v) is 7.04. The molecule has 110 valence electrons. The minimum atomic E-state index is -3.73. The van der Waals surface area contributed by atoms with Crippen LogP contribution in [0.2, 0.25) is 5.02 Å². The summed E-state index contributed by atoms with van der Waals surface area (Å²) in [5, 5.41) is 1.71. The highest BCUT2D eigenvalue weighted by atomic mass is 35.5. The maximum atomic E-state index is 12.7. The van der Waals surface area contributed by atoms with Gasteiger partial charge in [0.05, 0.1) is 4.90 Å². The molecule has 0 saturated heterocycles. The average molecular weight is 324 g/mol. The summed E-state index contributed by atoms with van der Waals surface area (Å²) < 4.78 is 25.3. The first-order valence-electron chi connectivity index (χ1n) is 6.21. The fourth-order valence-electron chi connectivity index (χ4n) is 1.93. The molecule has 1 N–H and O–H groups in total. The van der Waals surface area contributed by atoms with E-state index in [1.165, 1.54) is 12.1 Å². The summed E-state index contributed by atoms with van der Waals surface area (Å²) >= 11 is 5.80. The molecule has 6 heteroatoms. The van der Waals surface area contributed by atoms with Crippen molar-refractivity contribution in [2.24, 2.45) is 0 Å². The smallest absolute Gasteiger partial charge is 0.208 e. The molecule has 1 unspecified atom stereocenters. The van der Waals surface area contributed by atoms with Crippen LogP contribution in [-0.2, 0) is 14.6 Å². The molecule has 2 aromatic carbocycles. The fourth-order valence-corrected chi connectivity index (χ4v) is 3.59. The predicted octanol–water partition coefficient (Wildman–Crippen LogP) is 2.87. The molecule has 0 aromatic heterocycles. The van der Waals surface area contributed by atoms with E-state index in [0.717, 1.165) is 5.56 Å². The molecule has 0 bridgehead atoms.